The second kappa shape index (κ2) is 7.27. The molecule has 1 rings (SSSR count). The number of benzene rings is 1. The third-order valence-electron chi connectivity index (χ3n) is 3.20. The van der Waals surface area contributed by atoms with Gasteiger partial charge in [0.15, 0.2) is 0 Å². The summed E-state index contributed by atoms with van der Waals surface area (Å²) in [5, 5.41) is 13.7. The van der Waals surface area contributed by atoms with Crippen LogP contribution in [0, 0.1) is 17.0 Å². The summed E-state index contributed by atoms with van der Waals surface area (Å²) in [5.74, 6) is -0.436. The standard InChI is InChI=1S/C15H23N3O5S/c1-6-17(10-14(19)16-15(3,4)5)24(22,23)12-8-7-11(2)13(9-12)18(20)21/h7-9H,6,10H2,1-5H3,(H,16,19). The molecule has 0 bridgehead atoms. The van der Waals surface area contributed by atoms with Gasteiger partial charge in [-0.15, -0.1) is 0 Å². The Labute approximate surface area is 142 Å². The van der Waals surface area contributed by atoms with Crippen molar-refractivity contribution in [1.29, 1.82) is 0 Å². The highest BCUT2D eigenvalue weighted by atomic mass is 32.2. The van der Waals surface area contributed by atoms with Gasteiger partial charge in [-0.05, 0) is 33.8 Å². The van der Waals surface area contributed by atoms with Crippen molar-refractivity contribution in [2.45, 2.75) is 45.1 Å². The number of amides is 1. The Morgan fingerprint density at radius 3 is 2.38 bits per heavy atom. The van der Waals surface area contributed by atoms with Crippen LogP contribution in [0.5, 0.6) is 0 Å². The van der Waals surface area contributed by atoms with Crippen LogP contribution in [0.2, 0.25) is 0 Å². The molecule has 0 atom stereocenters. The maximum Gasteiger partial charge on any atom is 0.273 e. The molecule has 0 saturated carbocycles. The second-order valence-electron chi connectivity index (χ2n) is 6.43. The summed E-state index contributed by atoms with van der Waals surface area (Å²) in [6.45, 7) is 8.23. The summed E-state index contributed by atoms with van der Waals surface area (Å²) in [6, 6.07) is 3.71. The van der Waals surface area contributed by atoms with Crippen LogP contribution >= 0.6 is 0 Å². The van der Waals surface area contributed by atoms with Gasteiger partial charge < -0.3 is 5.32 Å². The van der Waals surface area contributed by atoms with Crippen molar-refractivity contribution in [3.8, 4) is 0 Å². The number of hydrogen-bond donors (Lipinski definition) is 1. The molecule has 0 fully saturated rings. The smallest absolute Gasteiger partial charge is 0.273 e. The molecule has 0 aliphatic heterocycles. The molecule has 134 valence electrons. The zero-order valence-electron chi connectivity index (χ0n) is 14.5. The van der Waals surface area contributed by atoms with Gasteiger partial charge in [-0.25, -0.2) is 8.42 Å². The van der Waals surface area contributed by atoms with Crippen molar-refractivity contribution >= 4 is 21.6 Å². The first-order valence-electron chi connectivity index (χ1n) is 7.44. The van der Waals surface area contributed by atoms with E-state index in [-0.39, 0.29) is 23.7 Å². The van der Waals surface area contributed by atoms with Crippen molar-refractivity contribution < 1.29 is 18.1 Å². The maximum absolute atomic E-state index is 12.7. The fourth-order valence-corrected chi connectivity index (χ4v) is 3.51. The number of aryl methyl sites for hydroxylation is 1. The second-order valence-corrected chi connectivity index (χ2v) is 8.37. The Balaban J connectivity index is 3.14. The summed E-state index contributed by atoms with van der Waals surface area (Å²) >= 11 is 0. The highest BCUT2D eigenvalue weighted by Crippen LogP contribution is 2.24. The molecule has 0 unspecified atom stereocenters. The Hall–Kier alpha value is -2.00. The number of nitrogens with one attached hydrogen (secondary N) is 1. The molecule has 8 nitrogen and oxygen atoms in total. The lowest BCUT2D eigenvalue weighted by molar-refractivity contribution is -0.385. The van der Waals surface area contributed by atoms with E-state index in [0.717, 1.165) is 10.4 Å². The van der Waals surface area contributed by atoms with Crippen LogP contribution in [0.3, 0.4) is 0 Å². The molecule has 0 aromatic heterocycles. The fraction of sp³-hybridized carbons (Fsp3) is 0.533. The van der Waals surface area contributed by atoms with E-state index in [2.05, 4.69) is 5.32 Å². The number of carbonyl (C=O) groups is 1. The fourth-order valence-electron chi connectivity index (χ4n) is 2.08. The Kier molecular flexibility index (Phi) is 6.07. The van der Waals surface area contributed by atoms with Crippen molar-refractivity contribution in [3.05, 3.63) is 33.9 Å². The minimum atomic E-state index is -4.01. The summed E-state index contributed by atoms with van der Waals surface area (Å²) in [4.78, 5) is 22.2. The van der Waals surface area contributed by atoms with Gasteiger partial charge in [-0.3, -0.25) is 14.9 Å². The molecular weight excluding hydrogens is 334 g/mol. The number of nitro benzene ring substituents is 1. The quantitative estimate of drug-likeness (QED) is 0.617. The monoisotopic (exact) mass is 357 g/mol. The van der Waals surface area contributed by atoms with Crippen LogP contribution < -0.4 is 5.32 Å². The molecule has 0 radical (unpaired) electrons. The van der Waals surface area contributed by atoms with Gasteiger partial charge in [0.05, 0.1) is 16.4 Å². The highest BCUT2D eigenvalue weighted by Gasteiger charge is 2.28. The molecule has 0 saturated heterocycles. The molecule has 0 heterocycles. The van der Waals surface area contributed by atoms with Crippen LogP contribution in [-0.4, -0.2) is 42.2 Å². The molecule has 1 N–H and O–H groups in total. The summed E-state index contributed by atoms with van der Waals surface area (Å²) in [5.41, 5.74) is -0.387. The normalized spacial score (nSPS) is 12.2. The number of rotatable bonds is 6. The number of likely N-dealkylation sites (N-methyl/N-ethyl adjacent to an activating group) is 1. The lowest BCUT2D eigenvalue weighted by Crippen LogP contribution is -2.47. The van der Waals surface area contributed by atoms with Gasteiger partial charge in [0.1, 0.15) is 0 Å². The molecule has 1 aromatic rings. The predicted molar refractivity (Wildman–Crippen MR) is 90.2 cm³/mol. The lowest BCUT2D eigenvalue weighted by atomic mass is 10.1. The van der Waals surface area contributed by atoms with Gasteiger partial charge in [0.25, 0.3) is 5.69 Å². The Morgan fingerprint density at radius 1 is 1.33 bits per heavy atom. The predicted octanol–water partition coefficient (Wildman–Crippen LogP) is 1.83. The number of hydrogen-bond acceptors (Lipinski definition) is 5. The van der Waals surface area contributed by atoms with E-state index < -0.39 is 26.4 Å². The topological polar surface area (TPSA) is 110 Å². The zero-order chi connectivity index (χ0) is 18.7. The van der Waals surface area contributed by atoms with Crippen LogP contribution in [0.4, 0.5) is 5.69 Å². The largest absolute Gasteiger partial charge is 0.350 e. The SMILES string of the molecule is CCN(CC(=O)NC(C)(C)C)S(=O)(=O)c1ccc(C)c([N+](=O)[O-])c1. The first kappa shape index (κ1) is 20.0. The molecule has 9 heteroatoms. The van der Waals surface area contributed by atoms with Gasteiger partial charge in [0.2, 0.25) is 15.9 Å². The molecule has 0 aliphatic rings. The third kappa shape index (κ3) is 5.00. The minimum Gasteiger partial charge on any atom is -0.350 e. The average molecular weight is 357 g/mol. The van der Waals surface area contributed by atoms with Gasteiger partial charge >= 0.3 is 0 Å². The molecule has 0 aliphatic carbocycles. The minimum absolute atomic E-state index is 0.0710. The van der Waals surface area contributed by atoms with E-state index in [1.165, 1.54) is 19.1 Å². The Bertz CT molecular complexity index is 738. The van der Waals surface area contributed by atoms with Gasteiger partial charge in [0, 0.05) is 23.7 Å². The zero-order valence-corrected chi connectivity index (χ0v) is 15.3. The van der Waals surface area contributed by atoms with E-state index in [1.54, 1.807) is 27.7 Å². The van der Waals surface area contributed by atoms with Crippen LogP contribution in [-0.2, 0) is 14.8 Å². The van der Waals surface area contributed by atoms with Crippen molar-refractivity contribution in [1.82, 2.24) is 9.62 Å². The summed E-state index contributed by atoms with van der Waals surface area (Å²) in [7, 11) is -4.01. The van der Waals surface area contributed by atoms with E-state index in [4.69, 9.17) is 0 Å². The first-order chi connectivity index (χ1) is 10.9. The van der Waals surface area contributed by atoms with Crippen LogP contribution in [0.15, 0.2) is 23.1 Å². The van der Waals surface area contributed by atoms with Crippen molar-refractivity contribution in [3.63, 3.8) is 0 Å². The molecular formula is C15H23N3O5S. The average Bonchev–Trinajstić information content (AvgIpc) is 2.42. The van der Waals surface area contributed by atoms with E-state index in [9.17, 15) is 23.3 Å². The number of nitro groups is 1. The summed E-state index contributed by atoms with van der Waals surface area (Å²) < 4.78 is 26.3. The Morgan fingerprint density at radius 2 is 1.92 bits per heavy atom. The number of carbonyl (C=O) groups excluding carboxylic acids is 1. The molecule has 1 aromatic carbocycles. The van der Waals surface area contributed by atoms with Gasteiger partial charge in [-0.1, -0.05) is 13.0 Å². The van der Waals surface area contributed by atoms with E-state index in [1.807, 2.05) is 0 Å². The highest BCUT2D eigenvalue weighted by molar-refractivity contribution is 7.89. The number of nitrogens with zero attached hydrogens (tertiary/aromatic N) is 2. The molecule has 1 amide bonds. The van der Waals surface area contributed by atoms with Crippen LogP contribution in [0.1, 0.15) is 33.3 Å². The maximum atomic E-state index is 12.7. The van der Waals surface area contributed by atoms with E-state index in [0.29, 0.717) is 5.56 Å². The van der Waals surface area contributed by atoms with Crippen molar-refractivity contribution in [2.24, 2.45) is 0 Å². The number of sulfonamides is 1. The third-order valence-corrected chi connectivity index (χ3v) is 5.12. The molecule has 24 heavy (non-hydrogen) atoms. The van der Waals surface area contributed by atoms with E-state index >= 15 is 0 Å². The van der Waals surface area contributed by atoms with Gasteiger partial charge in [-0.2, -0.15) is 4.31 Å². The molecule has 0 spiro atoms. The lowest BCUT2D eigenvalue weighted by Gasteiger charge is -2.24. The van der Waals surface area contributed by atoms with Crippen molar-refractivity contribution in [2.75, 3.05) is 13.1 Å². The first-order valence-corrected chi connectivity index (χ1v) is 8.88. The summed E-state index contributed by atoms with van der Waals surface area (Å²) in [6.07, 6.45) is 0. The van der Waals surface area contributed by atoms with Crippen LogP contribution in [0.25, 0.3) is 0 Å².